The van der Waals surface area contributed by atoms with Crippen LogP contribution in [0.1, 0.15) is 16.7 Å². The average molecular weight is 417 g/mol. The van der Waals surface area contributed by atoms with Crippen molar-refractivity contribution < 1.29 is 9.53 Å². The van der Waals surface area contributed by atoms with Gasteiger partial charge in [-0.15, -0.1) is 11.3 Å². The Kier molecular flexibility index (Phi) is 5.50. The molecule has 0 saturated carbocycles. The molecule has 1 N–H and O–H groups in total. The molecule has 1 amide bonds. The summed E-state index contributed by atoms with van der Waals surface area (Å²) in [6.07, 6.45) is 0.985. The molecule has 4 nitrogen and oxygen atoms in total. The summed E-state index contributed by atoms with van der Waals surface area (Å²) in [5, 5.41) is 6.20. The molecule has 0 aliphatic rings. The van der Waals surface area contributed by atoms with E-state index < -0.39 is 6.10 Å². The Bertz CT molecular complexity index is 917. The van der Waals surface area contributed by atoms with Crippen molar-refractivity contribution in [1.82, 2.24) is 5.43 Å². The predicted molar refractivity (Wildman–Crippen MR) is 107 cm³/mol. The van der Waals surface area contributed by atoms with Crippen molar-refractivity contribution in [2.75, 3.05) is 0 Å². The normalized spacial score (nSPS) is 12.4. The fourth-order valence-corrected chi connectivity index (χ4v) is 3.73. The molecule has 1 atom stereocenters. The number of ether oxygens (including phenoxy) is 1. The summed E-state index contributed by atoms with van der Waals surface area (Å²) >= 11 is 5.06. The van der Waals surface area contributed by atoms with Gasteiger partial charge >= 0.3 is 0 Å². The van der Waals surface area contributed by atoms with Crippen molar-refractivity contribution in [3.8, 4) is 5.75 Å². The summed E-state index contributed by atoms with van der Waals surface area (Å²) in [5.74, 6) is 0.361. The number of halogens is 1. The monoisotopic (exact) mass is 416 g/mol. The molecule has 25 heavy (non-hydrogen) atoms. The second-order valence-electron chi connectivity index (χ2n) is 5.56. The predicted octanol–water partition coefficient (Wildman–Crippen LogP) is 4.89. The van der Waals surface area contributed by atoms with Crippen LogP contribution in [0.25, 0.3) is 10.8 Å². The minimum atomic E-state index is -0.643. The molecule has 2 aromatic carbocycles. The number of carbonyl (C=O) groups excluding carboxylic acids is 1. The fraction of sp³-hybridized carbons (Fsp3) is 0.158. The quantitative estimate of drug-likeness (QED) is 0.475. The lowest BCUT2D eigenvalue weighted by molar-refractivity contribution is -0.127. The van der Waals surface area contributed by atoms with E-state index in [4.69, 9.17) is 4.74 Å². The van der Waals surface area contributed by atoms with Crippen LogP contribution in [0.5, 0.6) is 5.75 Å². The van der Waals surface area contributed by atoms with E-state index in [-0.39, 0.29) is 5.91 Å². The zero-order chi connectivity index (χ0) is 17.8. The molecule has 3 rings (SSSR count). The highest BCUT2D eigenvalue weighted by molar-refractivity contribution is 9.10. The molecule has 0 unspecified atom stereocenters. The van der Waals surface area contributed by atoms with Crippen LogP contribution in [0.4, 0.5) is 0 Å². The number of hydrogen-bond acceptors (Lipinski definition) is 4. The van der Waals surface area contributed by atoms with Gasteiger partial charge < -0.3 is 4.74 Å². The van der Waals surface area contributed by atoms with E-state index in [0.717, 1.165) is 20.1 Å². The van der Waals surface area contributed by atoms with Crippen molar-refractivity contribution in [3.05, 3.63) is 62.8 Å². The Morgan fingerprint density at radius 1 is 1.24 bits per heavy atom. The summed E-state index contributed by atoms with van der Waals surface area (Å²) in [4.78, 5) is 14.3. The van der Waals surface area contributed by atoms with E-state index in [1.165, 1.54) is 4.88 Å². The first kappa shape index (κ1) is 17.6. The van der Waals surface area contributed by atoms with Gasteiger partial charge in [0.25, 0.3) is 5.91 Å². The Balaban J connectivity index is 1.59. The maximum Gasteiger partial charge on any atom is 0.280 e. The molecule has 0 radical (unpaired) electrons. The Morgan fingerprint density at radius 2 is 2.00 bits per heavy atom. The fourth-order valence-electron chi connectivity index (χ4n) is 2.29. The number of aryl methyl sites for hydroxylation is 1. The van der Waals surface area contributed by atoms with Gasteiger partial charge in [0, 0.05) is 14.2 Å². The molecule has 128 valence electrons. The van der Waals surface area contributed by atoms with Gasteiger partial charge in [0.05, 0.1) is 6.21 Å². The van der Waals surface area contributed by atoms with Gasteiger partial charge in [0.2, 0.25) is 0 Å². The molecule has 0 aliphatic carbocycles. The smallest absolute Gasteiger partial charge is 0.280 e. The van der Waals surface area contributed by atoms with Crippen molar-refractivity contribution in [1.29, 1.82) is 0 Å². The minimum absolute atomic E-state index is 0.295. The van der Waals surface area contributed by atoms with Gasteiger partial charge in [0.1, 0.15) is 5.75 Å². The van der Waals surface area contributed by atoms with Gasteiger partial charge in [-0.2, -0.15) is 5.10 Å². The second-order valence-corrected chi connectivity index (χ2v) is 7.70. The highest BCUT2D eigenvalue weighted by Gasteiger charge is 2.14. The number of amides is 1. The first-order valence-corrected chi connectivity index (χ1v) is 9.38. The first-order valence-electron chi connectivity index (χ1n) is 7.77. The van der Waals surface area contributed by atoms with Gasteiger partial charge in [-0.25, -0.2) is 5.43 Å². The van der Waals surface area contributed by atoms with Crippen molar-refractivity contribution in [2.45, 2.75) is 20.0 Å². The number of thiophene rings is 1. The van der Waals surface area contributed by atoms with Gasteiger partial charge in [-0.3, -0.25) is 4.79 Å². The Labute approximate surface area is 158 Å². The Hall–Kier alpha value is -2.18. The maximum atomic E-state index is 12.1. The molecule has 1 aromatic heterocycles. The van der Waals surface area contributed by atoms with Crippen LogP contribution in [-0.4, -0.2) is 18.2 Å². The largest absolute Gasteiger partial charge is 0.481 e. The zero-order valence-electron chi connectivity index (χ0n) is 13.8. The SMILES string of the molecule is Cc1sc(/C=N\NC(=O)[C@H](C)Oc2ccc3ccccc3c2)cc1Br. The van der Waals surface area contributed by atoms with Gasteiger partial charge in [-0.1, -0.05) is 30.3 Å². The second kappa shape index (κ2) is 7.80. The van der Waals surface area contributed by atoms with Crippen molar-refractivity contribution >= 4 is 50.2 Å². The zero-order valence-corrected chi connectivity index (χ0v) is 16.2. The third kappa shape index (κ3) is 4.46. The van der Waals surface area contributed by atoms with Crippen LogP contribution >= 0.6 is 27.3 Å². The molecule has 0 aliphatic heterocycles. The first-order chi connectivity index (χ1) is 12.0. The number of nitrogens with one attached hydrogen (secondary N) is 1. The highest BCUT2D eigenvalue weighted by atomic mass is 79.9. The van der Waals surface area contributed by atoms with E-state index in [1.807, 2.05) is 55.5 Å². The average Bonchev–Trinajstić information content (AvgIpc) is 2.92. The molecular formula is C19H17BrN2O2S. The van der Waals surface area contributed by atoms with Gasteiger partial charge in [-0.05, 0) is 58.7 Å². The molecule has 3 aromatic rings. The number of rotatable bonds is 5. The molecule has 1 heterocycles. The summed E-state index contributed by atoms with van der Waals surface area (Å²) in [5.41, 5.74) is 2.51. The van der Waals surface area contributed by atoms with E-state index in [9.17, 15) is 4.79 Å². The van der Waals surface area contributed by atoms with Crippen LogP contribution in [0.15, 0.2) is 58.1 Å². The van der Waals surface area contributed by atoms with Crippen LogP contribution in [0, 0.1) is 6.92 Å². The lowest BCUT2D eigenvalue weighted by Gasteiger charge is -2.13. The maximum absolute atomic E-state index is 12.1. The number of hydrogen-bond donors (Lipinski definition) is 1. The highest BCUT2D eigenvalue weighted by Crippen LogP contribution is 2.25. The third-order valence-corrected chi connectivity index (χ3v) is 5.72. The lowest BCUT2D eigenvalue weighted by atomic mass is 10.1. The molecule has 0 spiro atoms. The van der Waals surface area contributed by atoms with E-state index in [0.29, 0.717) is 5.75 Å². The third-order valence-electron chi connectivity index (χ3n) is 3.65. The molecular weight excluding hydrogens is 400 g/mol. The number of nitrogens with zero attached hydrogens (tertiary/aromatic N) is 1. The summed E-state index contributed by atoms with van der Waals surface area (Å²) in [7, 11) is 0. The van der Waals surface area contributed by atoms with Crippen molar-refractivity contribution in [3.63, 3.8) is 0 Å². The van der Waals surface area contributed by atoms with Crippen molar-refractivity contribution in [2.24, 2.45) is 5.10 Å². The molecule has 6 heteroatoms. The standard InChI is InChI=1S/C19H17BrN2O2S/c1-12(19(23)22-21-11-17-10-18(20)13(2)25-17)24-16-8-7-14-5-3-4-6-15(14)9-16/h3-12H,1-2H3,(H,22,23)/b21-11-/t12-/m0/s1. The summed E-state index contributed by atoms with van der Waals surface area (Å²) in [6.45, 7) is 3.72. The lowest BCUT2D eigenvalue weighted by Crippen LogP contribution is -2.33. The summed E-state index contributed by atoms with van der Waals surface area (Å²) < 4.78 is 6.76. The van der Waals surface area contributed by atoms with Gasteiger partial charge in [0.15, 0.2) is 6.10 Å². The Morgan fingerprint density at radius 3 is 2.72 bits per heavy atom. The van der Waals surface area contributed by atoms with E-state index in [2.05, 4.69) is 26.5 Å². The van der Waals surface area contributed by atoms with Crippen LogP contribution in [0.2, 0.25) is 0 Å². The summed E-state index contributed by atoms with van der Waals surface area (Å²) in [6, 6.07) is 15.7. The number of carbonyl (C=O) groups is 1. The molecule has 0 saturated heterocycles. The van der Waals surface area contributed by atoms with Crippen LogP contribution in [0.3, 0.4) is 0 Å². The number of hydrazone groups is 1. The topological polar surface area (TPSA) is 50.7 Å². The number of fused-ring (bicyclic) bond motifs is 1. The number of benzene rings is 2. The van der Waals surface area contributed by atoms with E-state index >= 15 is 0 Å². The minimum Gasteiger partial charge on any atom is -0.481 e. The van der Waals surface area contributed by atoms with Crippen LogP contribution < -0.4 is 10.2 Å². The molecule has 0 fully saturated rings. The van der Waals surface area contributed by atoms with Crippen LogP contribution in [-0.2, 0) is 4.79 Å². The van der Waals surface area contributed by atoms with E-state index in [1.54, 1.807) is 24.5 Å². The molecule has 0 bridgehead atoms.